The molecule has 0 spiro atoms. The van der Waals surface area contributed by atoms with E-state index in [0.717, 1.165) is 0 Å². The predicted octanol–water partition coefficient (Wildman–Crippen LogP) is 2.84. The lowest BCUT2D eigenvalue weighted by molar-refractivity contribution is -0.117. The number of hydrogen-bond donors (Lipinski definition) is 4. The smallest absolute Gasteiger partial charge is 0.323 e. The van der Waals surface area contributed by atoms with Crippen molar-refractivity contribution in [2.24, 2.45) is 0 Å². The Hall–Kier alpha value is -2.86. The Morgan fingerprint density at radius 3 is 2.52 bits per heavy atom. The number of H-pyrrole nitrogens is 2. The molecule has 1 aromatic heterocycles. The molecule has 0 radical (unpaired) electrons. The monoisotopic (exact) mass is 338 g/mol. The van der Waals surface area contributed by atoms with Gasteiger partial charge in [0.15, 0.2) is 0 Å². The van der Waals surface area contributed by atoms with Gasteiger partial charge >= 0.3 is 5.69 Å². The molecule has 130 valence electrons. The van der Waals surface area contributed by atoms with Crippen LogP contribution in [0.2, 0.25) is 0 Å². The van der Waals surface area contributed by atoms with Crippen LogP contribution in [0.3, 0.4) is 0 Å². The van der Waals surface area contributed by atoms with E-state index in [1.165, 1.54) is 11.1 Å². The summed E-state index contributed by atoms with van der Waals surface area (Å²) in [7, 11) is 0. The molecule has 4 N–H and O–H groups in total. The van der Waals surface area contributed by atoms with Crippen molar-refractivity contribution < 1.29 is 4.79 Å². The van der Waals surface area contributed by atoms with Crippen LogP contribution in [0.4, 0.5) is 5.69 Å². The number of anilines is 1. The van der Waals surface area contributed by atoms with Crippen molar-refractivity contribution in [1.82, 2.24) is 15.3 Å². The van der Waals surface area contributed by atoms with Crippen LogP contribution in [-0.2, 0) is 4.79 Å². The molecule has 6 nitrogen and oxygen atoms in total. The van der Waals surface area contributed by atoms with E-state index in [1.54, 1.807) is 18.2 Å². The van der Waals surface area contributed by atoms with E-state index in [-0.39, 0.29) is 23.7 Å². The van der Waals surface area contributed by atoms with Crippen LogP contribution in [0.25, 0.3) is 11.0 Å². The highest BCUT2D eigenvalue weighted by Gasteiger charge is 2.17. The Labute approximate surface area is 145 Å². The zero-order valence-electron chi connectivity index (χ0n) is 14.5. The van der Waals surface area contributed by atoms with E-state index in [2.05, 4.69) is 39.7 Å². The predicted molar refractivity (Wildman–Crippen MR) is 99.7 cm³/mol. The molecule has 0 aliphatic rings. The number of nitrogens with one attached hydrogen (secondary N) is 4. The summed E-state index contributed by atoms with van der Waals surface area (Å²) in [5.74, 6) is -0.127. The van der Waals surface area contributed by atoms with E-state index in [1.807, 2.05) is 26.0 Å². The van der Waals surface area contributed by atoms with Gasteiger partial charge in [0.1, 0.15) is 0 Å². The molecule has 0 unspecified atom stereocenters. The maximum Gasteiger partial charge on any atom is 0.323 e. The highest BCUT2D eigenvalue weighted by Crippen LogP contribution is 2.18. The van der Waals surface area contributed by atoms with Crippen LogP contribution in [0.1, 0.15) is 31.0 Å². The summed E-state index contributed by atoms with van der Waals surface area (Å²) in [4.78, 5) is 29.1. The maximum atomic E-state index is 12.5. The van der Waals surface area contributed by atoms with Gasteiger partial charge in [-0.2, -0.15) is 0 Å². The summed E-state index contributed by atoms with van der Waals surface area (Å²) < 4.78 is 0. The lowest BCUT2D eigenvalue weighted by Crippen LogP contribution is -2.39. The first-order chi connectivity index (χ1) is 11.9. The quantitative estimate of drug-likeness (QED) is 0.577. The van der Waals surface area contributed by atoms with Gasteiger partial charge in [0.05, 0.1) is 17.1 Å². The van der Waals surface area contributed by atoms with Crippen LogP contribution in [0.5, 0.6) is 0 Å². The zero-order chi connectivity index (χ0) is 18.0. The molecule has 0 saturated carbocycles. The first-order valence-electron chi connectivity index (χ1n) is 8.28. The average molecular weight is 338 g/mol. The minimum atomic E-state index is -0.365. The summed E-state index contributed by atoms with van der Waals surface area (Å²) in [5.41, 5.74) is 4.12. The van der Waals surface area contributed by atoms with Crippen molar-refractivity contribution in [3.63, 3.8) is 0 Å². The van der Waals surface area contributed by atoms with Gasteiger partial charge < -0.3 is 15.3 Å². The van der Waals surface area contributed by atoms with Gasteiger partial charge in [-0.05, 0) is 50.1 Å². The van der Waals surface area contributed by atoms with Crippen LogP contribution in [-0.4, -0.2) is 21.9 Å². The first kappa shape index (κ1) is 17.0. The zero-order valence-corrected chi connectivity index (χ0v) is 14.5. The lowest BCUT2D eigenvalue weighted by atomic mass is 10.0. The molecule has 25 heavy (non-hydrogen) atoms. The number of carbonyl (C=O) groups excluding carboxylic acids is 1. The van der Waals surface area contributed by atoms with Crippen molar-refractivity contribution in [2.75, 3.05) is 5.32 Å². The Morgan fingerprint density at radius 1 is 1.04 bits per heavy atom. The number of aryl methyl sites for hydroxylation is 1. The van der Waals surface area contributed by atoms with Crippen LogP contribution >= 0.6 is 0 Å². The molecule has 1 heterocycles. The summed E-state index contributed by atoms with van der Waals surface area (Å²) in [6, 6.07) is 13.1. The SMILES string of the molecule is Cc1ccccc1[C@H](C)N[C@H](C)C(=O)Nc1ccc2[nH]c(=O)[nH]c2c1. The number of benzene rings is 2. The third kappa shape index (κ3) is 3.80. The van der Waals surface area contributed by atoms with E-state index in [0.29, 0.717) is 16.7 Å². The number of carbonyl (C=O) groups is 1. The highest BCUT2D eigenvalue weighted by atomic mass is 16.2. The third-order valence-electron chi connectivity index (χ3n) is 4.33. The van der Waals surface area contributed by atoms with E-state index < -0.39 is 0 Å². The largest absolute Gasteiger partial charge is 0.325 e. The number of aromatic amines is 2. The molecule has 0 bridgehead atoms. The van der Waals surface area contributed by atoms with Crippen LogP contribution in [0.15, 0.2) is 47.3 Å². The van der Waals surface area contributed by atoms with Crippen molar-refractivity contribution in [3.05, 3.63) is 64.1 Å². The summed E-state index contributed by atoms with van der Waals surface area (Å²) in [6.07, 6.45) is 0. The second kappa shape index (κ2) is 6.94. The lowest BCUT2D eigenvalue weighted by Gasteiger charge is -2.21. The fourth-order valence-corrected chi connectivity index (χ4v) is 2.97. The maximum absolute atomic E-state index is 12.5. The first-order valence-corrected chi connectivity index (χ1v) is 8.28. The molecule has 3 rings (SSSR count). The van der Waals surface area contributed by atoms with E-state index in [4.69, 9.17) is 0 Å². The highest BCUT2D eigenvalue weighted by molar-refractivity contribution is 5.96. The minimum absolute atomic E-state index is 0.0606. The van der Waals surface area contributed by atoms with Gasteiger partial charge in [0.2, 0.25) is 5.91 Å². The normalized spacial score (nSPS) is 13.6. The standard InChI is InChI=1S/C19H22N4O2/c1-11-6-4-5-7-15(11)12(2)20-13(3)18(24)21-14-8-9-16-17(10-14)23-19(25)22-16/h4-10,12-13,20H,1-3H3,(H,21,24)(H2,22,23,25)/t12-,13+/m0/s1. The Morgan fingerprint density at radius 2 is 1.76 bits per heavy atom. The molecule has 1 amide bonds. The molecule has 0 aliphatic heterocycles. The molecule has 6 heteroatoms. The number of aromatic nitrogens is 2. The number of imidazole rings is 1. The fourth-order valence-electron chi connectivity index (χ4n) is 2.97. The number of hydrogen-bond acceptors (Lipinski definition) is 3. The van der Waals surface area contributed by atoms with Crippen LogP contribution in [0, 0.1) is 6.92 Å². The second-order valence-electron chi connectivity index (χ2n) is 6.30. The minimum Gasteiger partial charge on any atom is -0.325 e. The van der Waals surface area contributed by atoms with Crippen LogP contribution < -0.4 is 16.3 Å². The van der Waals surface area contributed by atoms with E-state index in [9.17, 15) is 9.59 Å². The second-order valence-corrected chi connectivity index (χ2v) is 6.30. The Kier molecular flexibility index (Phi) is 4.72. The van der Waals surface area contributed by atoms with Crippen molar-refractivity contribution >= 4 is 22.6 Å². The average Bonchev–Trinajstić information content (AvgIpc) is 2.94. The van der Waals surface area contributed by atoms with E-state index >= 15 is 0 Å². The summed E-state index contributed by atoms with van der Waals surface area (Å²) >= 11 is 0. The fraction of sp³-hybridized carbons (Fsp3) is 0.263. The Balaban J connectivity index is 1.67. The molecule has 0 fully saturated rings. The Bertz CT molecular complexity index is 957. The molecule has 0 saturated heterocycles. The van der Waals surface area contributed by atoms with Gasteiger partial charge in [-0.15, -0.1) is 0 Å². The molecule has 0 aliphatic carbocycles. The molecule has 2 aromatic carbocycles. The number of amides is 1. The summed E-state index contributed by atoms with van der Waals surface area (Å²) in [5, 5.41) is 6.20. The number of fused-ring (bicyclic) bond motifs is 1. The van der Waals surface area contributed by atoms with Crippen molar-refractivity contribution in [1.29, 1.82) is 0 Å². The molecular formula is C19H22N4O2. The number of rotatable bonds is 5. The molecule has 2 atom stereocenters. The molecule has 3 aromatic rings. The summed E-state index contributed by atoms with van der Waals surface area (Å²) in [6.45, 7) is 5.94. The van der Waals surface area contributed by atoms with Gasteiger partial charge in [0.25, 0.3) is 0 Å². The third-order valence-corrected chi connectivity index (χ3v) is 4.33. The van der Waals surface area contributed by atoms with Gasteiger partial charge in [-0.3, -0.25) is 10.1 Å². The van der Waals surface area contributed by atoms with Crippen molar-refractivity contribution in [3.8, 4) is 0 Å². The molecular weight excluding hydrogens is 316 g/mol. The van der Waals surface area contributed by atoms with Gasteiger partial charge in [0, 0.05) is 11.7 Å². The van der Waals surface area contributed by atoms with Gasteiger partial charge in [-0.25, -0.2) is 4.79 Å². The van der Waals surface area contributed by atoms with Crippen molar-refractivity contribution in [2.45, 2.75) is 32.9 Å². The van der Waals surface area contributed by atoms with Gasteiger partial charge in [-0.1, -0.05) is 24.3 Å². The topological polar surface area (TPSA) is 89.8 Å².